The second-order valence-corrected chi connectivity index (χ2v) is 7.77. The third-order valence-electron chi connectivity index (χ3n) is 4.20. The highest BCUT2D eigenvalue weighted by atomic mass is 35.5. The number of hydrogen-bond acceptors (Lipinski definition) is 5. The molecule has 0 aliphatic carbocycles. The molecule has 1 aromatic carbocycles. The Labute approximate surface area is 161 Å². The molecule has 7 heteroatoms. The van der Waals surface area contributed by atoms with Gasteiger partial charge >= 0.3 is 0 Å². The Morgan fingerprint density at radius 1 is 1.31 bits per heavy atom. The molecule has 0 aliphatic heterocycles. The first-order valence-corrected chi connectivity index (χ1v) is 9.53. The molecule has 0 radical (unpaired) electrons. The maximum atomic E-state index is 12.2. The van der Waals surface area contributed by atoms with E-state index in [1.54, 1.807) is 6.20 Å². The lowest BCUT2D eigenvalue weighted by Crippen LogP contribution is -2.12. The van der Waals surface area contributed by atoms with Crippen molar-refractivity contribution in [3.05, 3.63) is 62.4 Å². The number of carbonyl (C=O) groups is 1. The zero-order chi connectivity index (χ0) is 18.7. The summed E-state index contributed by atoms with van der Waals surface area (Å²) in [5.74, 6) is 0.702. The molecular weight excluding hydrogens is 370 g/mol. The second kappa shape index (κ2) is 8.01. The van der Waals surface area contributed by atoms with Crippen LogP contribution in [0.1, 0.15) is 39.4 Å². The molecule has 0 aliphatic rings. The quantitative estimate of drug-likeness (QED) is 0.652. The van der Waals surface area contributed by atoms with E-state index in [2.05, 4.69) is 21.5 Å². The number of amides is 1. The number of aryl methyl sites for hydroxylation is 3. The first-order chi connectivity index (χ1) is 12.4. The van der Waals surface area contributed by atoms with Gasteiger partial charge in [-0.1, -0.05) is 28.9 Å². The van der Waals surface area contributed by atoms with Crippen molar-refractivity contribution in [3.8, 4) is 0 Å². The van der Waals surface area contributed by atoms with E-state index in [-0.39, 0.29) is 5.91 Å². The Morgan fingerprint density at radius 2 is 2.12 bits per heavy atom. The first kappa shape index (κ1) is 18.6. The van der Waals surface area contributed by atoms with Crippen molar-refractivity contribution in [1.29, 1.82) is 0 Å². The zero-order valence-electron chi connectivity index (χ0n) is 14.9. The van der Waals surface area contributed by atoms with Gasteiger partial charge in [0.25, 0.3) is 0 Å². The minimum absolute atomic E-state index is 0.0655. The summed E-state index contributed by atoms with van der Waals surface area (Å²) in [6, 6.07) is 6.04. The Kier molecular flexibility index (Phi) is 5.74. The van der Waals surface area contributed by atoms with Crippen LogP contribution in [0, 0.1) is 20.8 Å². The van der Waals surface area contributed by atoms with E-state index in [0.717, 1.165) is 44.5 Å². The van der Waals surface area contributed by atoms with Crippen molar-refractivity contribution in [2.24, 2.45) is 0 Å². The molecule has 136 valence electrons. The average molecular weight is 390 g/mol. The van der Waals surface area contributed by atoms with Crippen LogP contribution in [0.2, 0.25) is 5.02 Å². The van der Waals surface area contributed by atoms with Gasteiger partial charge in [-0.15, -0.1) is 11.3 Å². The number of halogens is 1. The summed E-state index contributed by atoms with van der Waals surface area (Å²) in [6.45, 7) is 5.72. The average Bonchev–Trinajstić information content (AvgIpc) is 3.16. The molecule has 1 amide bonds. The molecule has 0 fully saturated rings. The van der Waals surface area contributed by atoms with Crippen molar-refractivity contribution >= 4 is 34.0 Å². The van der Waals surface area contributed by atoms with Gasteiger partial charge < -0.3 is 9.84 Å². The minimum Gasteiger partial charge on any atom is -0.361 e. The molecule has 3 rings (SSSR count). The number of carbonyl (C=O) groups excluding carboxylic acids is 1. The topological polar surface area (TPSA) is 68.0 Å². The van der Waals surface area contributed by atoms with E-state index in [1.807, 2.05) is 32.9 Å². The predicted molar refractivity (Wildman–Crippen MR) is 104 cm³/mol. The first-order valence-electron chi connectivity index (χ1n) is 8.33. The van der Waals surface area contributed by atoms with E-state index < -0.39 is 0 Å². The third kappa shape index (κ3) is 4.51. The number of anilines is 1. The molecule has 5 nitrogen and oxygen atoms in total. The number of hydrogen-bond donors (Lipinski definition) is 1. The monoisotopic (exact) mass is 389 g/mol. The number of thiazole rings is 1. The second-order valence-electron chi connectivity index (χ2n) is 6.24. The van der Waals surface area contributed by atoms with E-state index in [0.29, 0.717) is 18.0 Å². The van der Waals surface area contributed by atoms with Gasteiger partial charge in [-0.05, 0) is 44.4 Å². The van der Waals surface area contributed by atoms with Crippen LogP contribution in [0.3, 0.4) is 0 Å². The fourth-order valence-corrected chi connectivity index (χ4v) is 3.74. The molecule has 3 aromatic rings. The van der Waals surface area contributed by atoms with Gasteiger partial charge in [0.1, 0.15) is 5.76 Å². The van der Waals surface area contributed by atoms with E-state index in [1.165, 1.54) is 11.3 Å². The molecule has 0 unspecified atom stereocenters. The van der Waals surface area contributed by atoms with Gasteiger partial charge in [-0.2, -0.15) is 0 Å². The summed E-state index contributed by atoms with van der Waals surface area (Å²) in [7, 11) is 0. The molecule has 0 saturated carbocycles. The highest BCUT2D eigenvalue weighted by molar-refractivity contribution is 7.15. The van der Waals surface area contributed by atoms with Crippen LogP contribution in [0.4, 0.5) is 5.13 Å². The Bertz CT molecular complexity index is 913. The fourth-order valence-electron chi connectivity index (χ4n) is 2.67. The Morgan fingerprint density at radius 3 is 2.81 bits per heavy atom. The fraction of sp³-hybridized carbons (Fsp3) is 0.316. The number of aromatic nitrogens is 2. The largest absolute Gasteiger partial charge is 0.361 e. The molecule has 2 heterocycles. The van der Waals surface area contributed by atoms with Crippen LogP contribution in [0.15, 0.2) is 28.9 Å². The lowest BCUT2D eigenvalue weighted by Gasteiger charge is -2.02. The van der Waals surface area contributed by atoms with Crippen LogP contribution in [0.25, 0.3) is 0 Å². The predicted octanol–water partition coefficient (Wildman–Crippen LogP) is 4.87. The zero-order valence-corrected chi connectivity index (χ0v) is 16.5. The summed E-state index contributed by atoms with van der Waals surface area (Å²) < 4.78 is 5.12. The summed E-state index contributed by atoms with van der Waals surface area (Å²) in [6.07, 6.45) is 3.51. The Hall–Kier alpha value is -2.18. The normalized spacial score (nSPS) is 10.9. The van der Waals surface area contributed by atoms with Crippen LogP contribution >= 0.6 is 22.9 Å². The number of nitrogens with one attached hydrogen (secondary N) is 1. The van der Waals surface area contributed by atoms with Crippen LogP contribution in [-0.2, 0) is 17.6 Å². The molecule has 0 spiro atoms. The van der Waals surface area contributed by atoms with Crippen molar-refractivity contribution in [2.75, 3.05) is 5.32 Å². The van der Waals surface area contributed by atoms with E-state index >= 15 is 0 Å². The molecular formula is C19H20ClN3O2S. The Balaban J connectivity index is 1.56. The van der Waals surface area contributed by atoms with Crippen molar-refractivity contribution in [3.63, 3.8) is 0 Å². The van der Waals surface area contributed by atoms with Crippen molar-refractivity contribution in [1.82, 2.24) is 10.1 Å². The standard InChI is InChI=1S/C19H20ClN3O2S/c1-11-4-5-14(9-17(11)20)8-15-10-21-19(26-15)22-18(24)7-6-16-12(2)23-25-13(16)3/h4-5,9-10H,6-8H2,1-3H3,(H,21,22,24). The van der Waals surface area contributed by atoms with Gasteiger partial charge in [0, 0.05) is 34.5 Å². The summed E-state index contributed by atoms with van der Waals surface area (Å²) in [4.78, 5) is 17.5. The van der Waals surface area contributed by atoms with Crippen LogP contribution in [0.5, 0.6) is 0 Å². The number of benzene rings is 1. The van der Waals surface area contributed by atoms with Crippen LogP contribution < -0.4 is 5.32 Å². The molecule has 2 aromatic heterocycles. The summed E-state index contributed by atoms with van der Waals surface area (Å²) >= 11 is 7.65. The number of nitrogens with zero attached hydrogens (tertiary/aromatic N) is 2. The summed E-state index contributed by atoms with van der Waals surface area (Å²) in [5, 5.41) is 8.14. The highest BCUT2D eigenvalue weighted by Gasteiger charge is 2.12. The van der Waals surface area contributed by atoms with E-state index in [9.17, 15) is 4.79 Å². The maximum absolute atomic E-state index is 12.2. The number of rotatable bonds is 6. The van der Waals surface area contributed by atoms with Gasteiger partial charge in [-0.25, -0.2) is 4.98 Å². The van der Waals surface area contributed by atoms with Gasteiger partial charge in [-0.3, -0.25) is 4.79 Å². The molecule has 0 atom stereocenters. The van der Waals surface area contributed by atoms with Gasteiger partial charge in [0.15, 0.2) is 5.13 Å². The van der Waals surface area contributed by atoms with E-state index in [4.69, 9.17) is 16.1 Å². The SMILES string of the molecule is Cc1ccc(Cc2cnc(NC(=O)CCc3c(C)noc3C)s2)cc1Cl. The molecule has 26 heavy (non-hydrogen) atoms. The van der Waals surface area contributed by atoms with Crippen molar-refractivity contribution in [2.45, 2.75) is 40.0 Å². The maximum Gasteiger partial charge on any atom is 0.226 e. The smallest absolute Gasteiger partial charge is 0.226 e. The van der Waals surface area contributed by atoms with Crippen LogP contribution in [-0.4, -0.2) is 16.0 Å². The molecule has 0 bridgehead atoms. The highest BCUT2D eigenvalue weighted by Crippen LogP contribution is 2.24. The summed E-state index contributed by atoms with van der Waals surface area (Å²) in [5.41, 5.74) is 4.02. The lowest BCUT2D eigenvalue weighted by atomic mass is 10.1. The van der Waals surface area contributed by atoms with Gasteiger partial charge in [0.05, 0.1) is 5.69 Å². The third-order valence-corrected chi connectivity index (χ3v) is 5.52. The lowest BCUT2D eigenvalue weighted by molar-refractivity contribution is -0.116. The van der Waals surface area contributed by atoms with Gasteiger partial charge in [0.2, 0.25) is 5.91 Å². The molecule has 1 N–H and O–H groups in total. The molecule has 0 saturated heterocycles. The minimum atomic E-state index is -0.0655. The van der Waals surface area contributed by atoms with Crippen molar-refractivity contribution < 1.29 is 9.32 Å².